The van der Waals surface area contributed by atoms with Crippen molar-refractivity contribution in [3.8, 4) is 0 Å². The van der Waals surface area contributed by atoms with Gasteiger partial charge in [-0.05, 0) is 18.4 Å². The van der Waals surface area contributed by atoms with Gasteiger partial charge in [-0.1, -0.05) is 5.11 Å². The minimum atomic E-state index is -1.26. The quantitative estimate of drug-likeness (QED) is 0.190. The summed E-state index contributed by atoms with van der Waals surface area (Å²) in [5.74, 6) is -0.288. The van der Waals surface area contributed by atoms with Gasteiger partial charge in [0, 0.05) is 70.4 Å². The molecule has 0 radical (unpaired) electrons. The van der Waals surface area contributed by atoms with Crippen LogP contribution in [0.25, 0.3) is 10.4 Å². The Morgan fingerprint density at radius 2 is 1.31 bits per heavy atom. The molecule has 0 aromatic carbocycles. The highest BCUT2D eigenvalue weighted by Crippen LogP contribution is 2.03. The summed E-state index contributed by atoms with van der Waals surface area (Å²) in [5, 5.41) is 34.2. The number of amides is 4. The van der Waals surface area contributed by atoms with Crippen LogP contribution in [0, 0.1) is 0 Å². The third-order valence-corrected chi connectivity index (χ3v) is 4.87. The second kappa shape index (κ2) is 14.5. The van der Waals surface area contributed by atoms with E-state index in [9.17, 15) is 34.5 Å². The molecule has 0 spiro atoms. The Balaban J connectivity index is 2.80. The van der Waals surface area contributed by atoms with Gasteiger partial charge < -0.3 is 35.3 Å². The molecular weight excluding hydrogens is 428 g/mol. The van der Waals surface area contributed by atoms with Gasteiger partial charge in [0.05, 0.1) is 6.54 Å². The highest BCUT2D eigenvalue weighted by molar-refractivity contribution is 5.78. The van der Waals surface area contributed by atoms with E-state index < -0.39 is 18.3 Å². The van der Waals surface area contributed by atoms with Crippen molar-refractivity contribution in [1.82, 2.24) is 24.9 Å². The Morgan fingerprint density at radius 1 is 0.812 bits per heavy atom. The van der Waals surface area contributed by atoms with Gasteiger partial charge >= 0.3 is 18.3 Å². The zero-order valence-corrected chi connectivity index (χ0v) is 17.8. The monoisotopic (exact) mass is 458 g/mol. The number of rotatable bonds is 6. The van der Waals surface area contributed by atoms with Crippen molar-refractivity contribution in [3.05, 3.63) is 10.4 Å². The van der Waals surface area contributed by atoms with E-state index in [1.165, 1.54) is 0 Å². The molecule has 180 valence electrons. The van der Waals surface area contributed by atoms with E-state index in [0.717, 1.165) is 14.7 Å². The second-order valence-corrected chi connectivity index (χ2v) is 7.10. The molecule has 0 saturated carbocycles. The number of hydrogen-bond acceptors (Lipinski definition) is 6. The fourth-order valence-electron chi connectivity index (χ4n) is 3.09. The summed E-state index contributed by atoms with van der Waals surface area (Å²) >= 11 is 0. The normalized spacial score (nSPS) is 16.7. The number of carboxylic acid groups (broad SMARTS) is 3. The van der Waals surface area contributed by atoms with Gasteiger partial charge in [0.2, 0.25) is 5.91 Å². The van der Waals surface area contributed by atoms with E-state index in [-0.39, 0.29) is 64.8 Å². The van der Waals surface area contributed by atoms with E-state index in [0.29, 0.717) is 25.9 Å². The van der Waals surface area contributed by atoms with Crippen LogP contribution in [0.15, 0.2) is 5.11 Å². The van der Waals surface area contributed by atoms with Crippen LogP contribution in [0.3, 0.4) is 0 Å². The Bertz CT molecular complexity index is 700. The van der Waals surface area contributed by atoms with Crippen molar-refractivity contribution < 1.29 is 34.5 Å². The second-order valence-electron chi connectivity index (χ2n) is 7.10. The Labute approximate surface area is 184 Å². The molecule has 4 amide bonds. The molecule has 1 rings (SSSR count). The largest absolute Gasteiger partial charge is 0.465 e. The van der Waals surface area contributed by atoms with Gasteiger partial charge in [0.25, 0.3) is 0 Å². The van der Waals surface area contributed by atoms with E-state index in [1.807, 2.05) is 0 Å². The SMILES string of the molecule is [N-]=[N+]=NCCCNC(=O)CN1CCCN(C(=O)O)CCN(C(=O)O)CCN(C(=O)O)CC1. The van der Waals surface area contributed by atoms with E-state index in [4.69, 9.17) is 5.53 Å². The Morgan fingerprint density at radius 3 is 1.81 bits per heavy atom. The average molecular weight is 458 g/mol. The minimum absolute atomic E-state index is 0.0106. The Hall–Kier alpha value is -3.45. The summed E-state index contributed by atoms with van der Waals surface area (Å²) in [5.41, 5.74) is 8.24. The first-order valence-electron chi connectivity index (χ1n) is 10.2. The van der Waals surface area contributed by atoms with Gasteiger partial charge in [-0.25, -0.2) is 14.4 Å². The lowest BCUT2D eigenvalue weighted by molar-refractivity contribution is -0.122. The molecule has 0 aromatic heterocycles. The summed E-state index contributed by atoms with van der Waals surface area (Å²) in [6.45, 7) is 1.07. The topological polar surface area (TPSA) is 203 Å². The molecule has 1 fully saturated rings. The number of azide groups is 1. The van der Waals surface area contributed by atoms with Crippen LogP contribution in [0.1, 0.15) is 12.8 Å². The summed E-state index contributed by atoms with van der Waals surface area (Å²) in [6.07, 6.45) is -2.77. The number of carbonyl (C=O) groups excluding carboxylic acids is 1. The lowest BCUT2D eigenvalue weighted by atomic mass is 10.3. The molecule has 1 aliphatic heterocycles. The maximum absolute atomic E-state index is 12.2. The van der Waals surface area contributed by atoms with E-state index in [2.05, 4.69) is 15.3 Å². The lowest BCUT2D eigenvalue weighted by Gasteiger charge is -2.27. The fraction of sp³-hybridized carbons (Fsp3) is 0.765. The number of carbonyl (C=O) groups is 4. The van der Waals surface area contributed by atoms with Gasteiger partial charge in [-0.15, -0.1) is 0 Å². The van der Waals surface area contributed by atoms with Crippen molar-refractivity contribution in [2.45, 2.75) is 12.8 Å². The van der Waals surface area contributed by atoms with Crippen LogP contribution < -0.4 is 5.32 Å². The third-order valence-electron chi connectivity index (χ3n) is 4.87. The zero-order chi connectivity index (χ0) is 23.9. The standard InChI is InChI=1S/C17H30N8O7/c18-21-20-4-1-3-19-14(26)13-22-5-2-6-23(15(27)28)9-10-25(17(31)32)12-11-24(8-7-22)16(29)30/h1-13H2,(H,19,26)(H,27,28)(H,29,30)(H,31,32). The number of hydrogen-bond donors (Lipinski definition) is 4. The van der Waals surface area contributed by atoms with Crippen molar-refractivity contribution >= 4 is 24.2 Å². The first-order chi connectivity index (χ1) is 15.2. The maximum atomic E-state index is 12.2. The Kier molecular flexibility index (Phi) is 12.1. The lowest BCUT2D eigenvalue weighted by Crippen LogP contribution is -2.45. The molecule has 15 nitrogen and oxygen atoms in total. The number of nitrogens with one attached hydrogen (secondary N) is 1. The van der Waals surface area contributed by atoms with Crippen molar-refractivity contribution in [2.75, 3.05) is 72.0 Å². The summed E-state index contributed by atoms with van der Waals surface area (Å²) < 4.78 is 0. The van der Waals surface area contributed by atoms with Crippen LogP contribution in [0.4, 0.5) is 14.4 Å². The molecule has 1 heterocycles. The first kappa shape index (κ1) is 26.6. The molecular formula is C17H30N8O7. The van der Waals surface area contributed by atoms with Crippen LogP contribution in [0.2, 0.25) is 0 Å². The smallest absolute Gasteiger partial charge is 0.407 e. The predicted octanol–water partition coefficient (Wildman–Crippen LogP) is 0.449. The molecule has 0 unspecified atom stereocenters. The van der Waals surface area contributed by atoms with Gasteiger partial charge in [-0.3, -0.25) is 9.69 Å². The fourth-order valence-corrected chi connectivity index (χ4v) is 3.09. The van der Waals surface area contributed by atoms with E-state index >= 15 is 0 Å². The predicted molar refractivity (Wildman–Crippen MR) is 111 cm³/mol. The summed E-state index contributed by atoms with van der Waals surface area (Å²) in [7, 11) is 0. The number of nitrogens with zero attached hydrogens (tertiary/aromatic N) is 7. The molecule has 0 bridgehead atoms. The van der Waals surface area contributed by atoms with Crippen LogP contribution >= 0.6 is 0 Å². The van der Waals surface area contributed by atoms with Gasteiger partial charge in [-0.2, -0.15) is 0 Å². The van der Waals surface area contributed by atoms with Crippen LogP contribution in [0.5, 0.6) is 0 Å². The molecule has 0 atom stereocenters. The molecule has 1 aliphatic rings. The average Bonchev–Trinajstić information content (AvgIpc) is 2.74. The molecule has 15 heteroatoms. The highest BCUT2D eigenvalue weighted by Gasteiger charge is 2.22. The third kappa shape index (κ3) is 10.5. The highest BCUT2D eigenvalue weighted by atomic mass is 16.4. The molecule has 1 saturated heterocycles. The van der Waals surface area contributed by atoms with Gasteiger partial charge in [0.1, 0.15) is 0 Å². The molecule has 0 aliphatic carbocycles. The van der Waals surface area contributed by atoms with Crippen LogP contribution in [-0.4, -0.2) is 131 Å². The van der Waals surface area contributed by atoms with E-state index in [1.54, 1.807) is 4.90 Å². The minimum Gasteiger partial charge on any atom is -0.465 e. The molecule has 4 N–H and O–H groups in total. The summed E-state index contributed by atoms with van der Waals surface area (Å²) in [4.78, 5) is 54.2. The zero-order valence-electron chi connectivity index (χ0n) is 17.8. The molecule has 0 aromatic rings. The first-order valence-corrected chi connectivity index (χ1v) is 10.2. The van der Waals surface area contributed by atoms with Gasteiger partial charge in [0.15, 0.2) is 0 Å². The van der Waals surface area contributed by atoms with Crippen molar-refractivity contribution in [1.29, 1.82) is 0 Å². The van der Waals surface area contributed by atoms with Crippen molar-refractivity contribution in [2.24, 2.45) is 5.11 Å². The van der Waals surface area contributed by atoms with Crippen LogP contribution in [-0.2, 0) is 4.79 Å². The molecule has 32 heavy (non-hydrogen) atoms. The maximum Gasteiger partial charge on any atom is 0.407 e. The summed E-state index contributed by atoms with van der Waals surface area (Å²) in [6, 6.07) is 0. The van der Waals surface area contributed by atoms with Crippen molar-refractivity contribution in [3.63, 3.8) is 0 Å².